The van der Waals surface area contributed by atoms with E-state index in [9.17, 15) is 9.18 Å². The van der Waals surface area contributed by atoms with E-state index in [2.05, 4.69) is 28.3 Å². The molecule has 0 bridgehead atoms. The molecule has 4 rings (SSSR count). The van der Waals surface area contributed by atoms with Crippen LogP contribution in [-0.2, 0) is 4.79 Å². The molecule has 7 heteroatoms. The molecule has 2 aliphatic rings. The Balaban J connectivity index is 1.49. The first-order valence-electron chi connectivity index (χ1n) is 10.0. The third-order valence-electron chi connectivity index (χ3n) is 6.03. The fraction of sp³-hybridized carbons (Fsp3) is 0.571. The molecule has 2 saturated heterocycles. The molecule has 1 aromatic carbocycles. The number of carbonyl (C=O) groups excluding carboxylic acids is 1. The topological polar surface area (TPSA) is 49.3 Å². The molecule has 150 valence electrons. The highest BCUT2D eigenvalue weighted by Crippen LogP contribution is 2.39. The van der Waals surface area contributed by atoms with Gasteiger partial charge in [-0.1, -0.05) is 30.5 Å². The monoisotopic (exact) mass is 402 g/mol. The molecule has 0 saturated carbocycles. The second kappa shape index (κ2) is 8.25. The molecule has 28 heavy (non-hydrogen) atoms. The lowest BCUT2D eigenvalue weighted by Gasteiger charge is -2.35. The number of halogens is 1. The maximum absolute atomic E-state index is 13.4. The number of nitrogens with zero attached hydrogens (tertiary/aromatic N) is 4. The van der Waals surface area contributed by atoms with Crippen LogP contribution in [0.3, 0.4) is 0 Å². The van der Waals surface area contributed by atoms with Crippen molar-refractivity contribution in [1.82, 2.24) is 19.4 Å². The number of aromatic nitrogens is 2. The second-order valence-corrected chi connectivity index (χ2v) is 9.14. The first-order valence-corrected chi connectivity index (χ1v) is 10.9. The summed E-state index contributed by atoms with van der Waals surface area (Å²) in [5, 5.41) is 6.23. The summed E-state index contributed by atoms with van der Waals surface area (Å²) in [5.74, 6) is 1.43. The third-order valence-corrected chi connectivity index (χ3v) is 6.55. The molecule has 3 heterocycles. The molecule has 1 aromatic heterocycles. The molecule has 0 spiro atoms. The van der Waals surface area contributed by atoms with Gasteiger partial charge in [0.2, 0.25) is 5.91 Å². The minimum atomic E-state index is -0.241. The van der Waals surface area contributed by atoms with Crippen LogP contribution in [0.4, 0.5) is 4.39 Å². The van der Waals surface area contributed by atoms with Gasteiger partial charge in [-0.2, -0.15) is 0 Å². The molecule has 4 atom stereocenters. The minimum absolute atomic E-state index is 0.104. The maximum Gasteiger partial charge on any atom is 0.236 e. The Kier molecular flexibility index (Phi) is 5.73. The van der Waals surface area contributed by atoms with E-state index in [0.29, 0.717) is 31.5 Å². The summed E-state index contributed by atoms with van der Waals surface area (Å²) in [6.45, 7) is 8.27. The van der Waals surface area contributed by atoms with E-state index in [1.807, 2.05) is 22.4 Å². The van der Waals surface area contributed by atoms with Crippen LogP contribution in [-0.4, -0.2) is 58.0 Å². The average molecular weight is 403 g/mol. The largest absolute Gasteiger partial charge is 0.340 e. The van der Waals surface area contributed by atoms with Crippen molar-refractivity contribution in [3.05, 3.63) is 46.7 Å². The number of amides is 1. The van der Waals surface area contributed by atoms with Crippen molar-refractivity contribution >= 4 is 17.4 Å². The lowest BCUT2D eigenvalue weighted by atomic mass is 9.87. The predicted octanol–water partition coefficient (Wildman–Crippen LogP) is 3.36. The number of likely N-dealkylation sites (tertiary alicyclic amines) is 2. The van der Waals surface area contributed by atoms with Gasteiger partial charge in [0.1, 0.15) is 5.82 Å². The standard InChI is InChI=1S/C21H27FN4OS/c1-14-7-15(2)9-25(8-14)12-21(27)26-10-18(16-3-5-17(22)6-4-16)19(11-26)20-13-28-24-23-20/h3-6,13-15,18-19H,7-12H2,1-2H3/t14?,15?,18-,19+/m0/s1. The van der Waals surface area contributed by atoms with Gasteiger partial charge in [0, 0.05) is 43.4 Å². The van der Waals surface area contributed by atoms with E-state index in [4.69, 9.17) is 0 Å². The summed E-state index contributed by atoms with van der Waals surface area (Å²) in [5.41, 5.74) is 1.98. The summed E-state index contributed by atoms with van der Waals surface area (Å²) < 4.78 is 17.4. The Labute approximate surface area is 169 Å². The third kappa shape index (κ3) is 4.25. The number of piperidine rings is 1. The molecule has 0 radical (unpaired) electrons. The van der Waals surface area contributed by atoms with Gasteiger partial charge in [0.25, 0.3) is 0 Å². The highest BCUT2D eigenvalue weighted by atomic mass is 32.1. The fourth-order valence-electron chi connectivity index (χ4n) is 4.90. The second-order valence-electron chi connectivity index (χ2n) is 8.53. The van der Waals surface area contributed by atoms with Crippen LogP contribution in [0, 0.1) is 17.7 Å². The van der Waals surface area contributed by atoms with E-state index in [1.54, 1.807) is 0 Å². The van der Waals surface area contributed by atoms with Crippen LogP contribution >= 0.6 is 11.5 Å². The first-order chi connectivity index (χ1) is 13.5. The van der Waals surface area contributed by atoms with Crippen molar-refractivity contribution in [1.29, 1.82) is 0 Å². The summed E-state index contributed by atoms with van der Waals surface area (Å²) in [7, 11) is 0. The number of hydrogen-bond acceptors (Lipinski definition) is 5. The number of carbonyl (C=O) groups is 1. The van der Waals surface area contributed by atoms with Gasteiger partial charge in [-0.15, -0.1) is 5.10 Å². The molecule has 2 unspecified atom stereocenters. The van der Waals surface area contributed by atoms with Gasteiger partial charge in [-0.05, 0) is 47.5 Å². The van der Waals surface area contributed by atoms with Crippen LogP contribution in [0.2, 0.25) is 0 Å². The van der Waals surface area contributed by atoms with Gasteiger partial charge in [0.15, 0.2) is 0 Å². The molecule has 0 aliphatic carbocycles. The molecule has 2 aromatic rings. The molecule has 5 nitrogen and oxygen atoms in total. The van der Waals surface area contributed by atoms with Gasteiger partial charge < -0.3 is 4.90 Å². The van der Waals surface area contributed by atoms with Crippen molar-refractivity contribution in [3.63, 3.8) is 0 Å². The van der Waals surface area contributed by atoms with E-state index < -0.39 is 0 Å². The van der Waals surface area contributed by atoms with Crippen LogP contribution in [0.25, 0.3) is 0 Å². The SMILES string of the molecule is CC1CC(C)CN(CC(=O)N2C[C@@H](c3ccc(F)cc3)[C@H](c3csnn3)C2)C1. The number of hydrogen-bond donors (Lipinski definition) is 0. The molecule has 2 aliphatic heterocycles. The van der Waals surface area contributed by atoms with E-state index >= 15 is 0 Å². The summed E-state index contributed by atoms with van der Waals surface area (Å²) >= 11 is 1.33. The Bertz CT molecular complexity index is 787. The lowest BCUT2D eigenvalue weighted by Crippen LogP contribution is -2.45. The predicted molar refractivity (Wildman–Crippen MR) is 108 cm³/mol. The van der Waals surface area contributed by atoms with Crippen LogP contribution < -0.4 is 0 Å². The Hall–Kier alpha value is -1.86. The Morgan fingerprint density at radius 2 is 1.79 bits per heavy atom. The highest BCUT2D eigenvalue weighted by molar-refractivity contribution is 7.03. The zero-order chi connectivity index (χ0) is 19.7. The van der Waals surface area contributed by atoms with Crippen LogP contribution in [0.1, 0.15) is 43.4 Å². The smallest absolute Gasteiger partial charge is 0.236 e. The molecular formula is C21H27FN4OS. The van der Waals surface area contributed by atoms with Crippen molar-refractivity contribution in [3.8, 4) is 0 Å². The lowest BCUT2D eigenvalue weighted by molar-refractivity contribution is -0.132. The van der Waals surface area contributed by atoms with E-state index in [-0.39, 0.29) is 23.6 Å². The zero-order valence-electron chi connectivity index (χ0n) is 16.4. The Morgan fingerprint density at radius 3 is 2.43 bits per heavy atom. The van der Waals surface area contributed by atoms with Crippen molar-refractivity contribution in [2.45, 2.75) is 32.1 Å². The highest BCUT2D eigenvalue weighted by Gasteiger charge is 2.39. The molecular weight excluding hydrogens is 375 g/mol. The fourth-order valence-corrected chi connectivity index (χ4v) is 5.42. The average Bonchev–Trinajstić information content (AvgIpc) is 3.31. The Morgan fingerprint density at radius 1 is 1.11 bits per heavy atom. The molecule has 2 fully saturated rings. The van der Waals surface area contributed by atoms with Crippen molar-refractivity contribution < 1.29 is 9.18 Å². The quantitative estimate of drug-likeness (QED) is 0.787. The van der Waals surface area contributed by atoms with Gasteiger partial charge in [-0.3, -0.25) is 9.69 Å². The summed E-state index contributed by atoms with van der Waals surface area (Å²) in [6.07, 6.45) is 1.24. The molecule has 1 amide bonds. The van der Waals surface area contributed by atoms with Gasteiger partial charge >= 0.3 is 0 Å². The van der Waals surface area contributed by atoms with Crippen molar-refractivity contribution in [2.24, 2.45) is 11.8 Å². The maximum atomic E-state index is 13.4. The van der Waals surface area contributed by atoms with Crippen LogP contribution in [0.15, 0.2) is 29.6 Å². The van der Waals surface area contributed by atoms with E-state index in [0.717, 1.165) is 24.3 Å². The normalized spacial score (nSPS) is 28.6. The number of rotatable bonds is 4. The first kappa shape index (κ1) is 19.5. The van der Waals surface area contributed by atoms with Crippen LogP contribution in [0.5, 0.6) is 0 Å². The summed E-state index contributed by atoms with van der Waals surface area (Å²) in [4.78, 5) is 17.3. The van der Waals surface area contributed by atoms with Crippen molar-refractivity contribution in [2.75, 3.05) is 32.7 Å². The zero-order valence-corrected chi connectivity index (χ0v) is 17.2. The molecule has 0 N–H and O–H groups in total. The minimum Gasteiger partial charge on any atom is -0.340 e. The number of benzene rings is 1. The van der Waals surface area contributed by atoms with Gasteiger partial charge in [-0.25, -0.2) is 4.39 Å². The van der Waals surface area contributed by atoms with E-state index in [1.165, 1.54) is 30.1 Å². The summed E-state index contributed by atoms with van der Waals surface area (Å²) in [6, 6.07) is 6.64. The van der Waals surface area contributed by atoms with Gasteiger partial charge in [0.05, 0.1) is 12.2 Å².